The van der Waals surface area contributed by atoms with E-state index < -0.39 is 17.9 Å². The van der Waals surface area contributed by atoms with Crippen LogP contribution in [0.1, 0.15) is 106 Å². The van der Waals surface area contributed by atoms with Crippen LogP contribution in [0.2, 0.25) is 0 Å². The standard InChI is InChI=1S/C66H78FN13O10/c1-42(2)90-56-37-48(85-6)18-20-50(56)63-73-60(45-13-9-43(3)10-14-45)61(46-15-11-44(4)12-16-46)80(63)66(84)77-26-25-76(58(82)41-77)27-29-87-31-33-89-35-34-88-32-30-86-28-21-57(81)70-22-24-79-55-40-75(5)65(83)49-19-17-47(67)36-51(49)54-8-7-23-78(54)64-62(69)71-39-53(72-64)59(55)52(38-68)74-79/h9-20,36-37,39,42,54,60-61H,7-8,21-35,40-41H2,1-6H3,(H2,69,71)(H,70,81)/t54-,60+,61-/m1/s1. The van der Waals surface area contributed by atoms with E-state index >= 15 is 4.79 Å². The number of amidine groups is 1. The Bertz CT molecular complexity index is 3610. The van der Waals surface area contributed by atoms with Crippen LogP contribution < -0.4 is 25.4 Å². The van der Waals surface area contributed by atoms with Gasteiger partial charge in [-0.25, -0.2) is 19.2 Å². The first-order valence-electron chi connectivity index (χ1n) is 30.5. The number of hydrogen-bond acceptors (Lipinski definition) is 17. The first kappa shape index (κ1) is 64.0. The molecule has 4 aromatic carbocycles. The highest BCUT2D eigenvalue weighted by atomic mass is 19.1. The lowest BCUT2D eigenvalue weighted by atomic mass is 9.92. The molecular weight excluding hydrogens is 1150 g/mol. The van der Waals surface area contributed by atoms with E-state index in [0.717, 1.165) is 28.7 Å². The number of aliphatic imine (C=N–C) groups is 1. The smallest absolute Gasteiger partial charge is 0.326 e. The Labute approximate surface area is 523 Å². The molecule has 24 heteroatoms. The minimum atomic E-state index is -0.526. The third-order valence-corrected chi connectivity index (χ3v) is 16.3. The first-order valence-corrected chi connectivity index (χ1v) is 30.5. The number of fused-ring (bicyclic) bond motifs is 8. The van der Waals surface area contributed by atoms with E-state index in [1.807, 2.05) is 75.1 Å². The highest BCUT2D eigenvalue weighted by Gasteiger charge is 2.46. The number of nitrogens with zero attached hydrogens (tertiary/aromatic N) is 11. The number of nitriles is 1. The van der Waals surface area contributed by atoms with Gasteiger partial charge in [-0.15, -0.1) is 0 Å². The molecule has 2 bridgehead atoms. The molecule has 0 saturated carbocycles. The van der Waals surface area contributed by atoms with Crippen LogP contribution in [0.5, 0.6) is 11.5 Å². The maximum atomic E-state index is 15.1. The topological polar surface area (TPSA) is 258 Å². The van der Waals surface area contributed by atoms with Gasteiger partial charge >= 0.3 is 6.03 Å². The average molecular weight is 1230 g/mol. The van der Waals surface area contributed by atoms with E-state index in [2.05, 4.69) is 45.7 Å². The molecule has 0 aliphatic carbocycles. The molecule has 0 unspecified atom stereocenters. The summed E-state index contributed by atoms with van der Waals surface area (Å²) in [6.07, 6.45) is 2.80. The van der Waals surface area contributed by atoms with E-state index in [-0.39, 0.29) is 93.2 Å². The molecule has 5 amide bonds. The Kier molecular flexibility index (Phi) is 21.0. The Morgan fingerprint density at radius 1 is 0.822 bits per heavy atom. The lowest BCUT2D eigenvalue weighted by Crippen LogP contribution is -2.56. The first-order chi connectivity index (χ1) is 43.6. The van der Waals surface area contributed by atoms with E-state index in [1.165, 1.54) is 29.3 Å². The summed E-state index contributed by atoms with van der Waals surface area (Å²) >= 11 is 0. The lowest BCUT2D eigenvalue weighted by molar-refractivity contribution is -0.135. The Morgan fingerprint density at radius 3 is 2.18 bits per heavy atom. The van der Waals surface area contributed by atoms with Crippen molar-refractivity contribution < 1.29 is 52.0 Å². The zero-order valence-electron chi connectivity index (χ0n) is 51.9. The minimum absolute atomic E-state index is 0.0206. The second-order valence-electron chi connectivity index (χ2n) is 22.9. The van der Waals surface area contributed by atoms with Gasteiger partial charge in [0.05, 0.1) is 120 Å². The molecule has 2 saturated heterocycles. The maximum absolute atomic E-state index is 15.1. The molecule has 6 aromatic rings. The molecule has 90 heavy (non-hydrogen) atoms. The number of amides is 5. The highest BCUT2D eigenvalue weighted by molar-refractivity contribution is 6.11. The summed E-state index contributed by atoms with van der Waals surface area (Å²) in [5.41, 5.74) is 13.3. The summed E-state index contributed by atoms with van der Waals surface area (Å²) in [6.45, 7) is 12.0. The quantitative estimate of drug-likeness (QED) is 0.0561. The number of carbonyl (C=O) groups is 4. The highest BCUT2D eigenvalue weighted by Crippen LogP contribution is 2.46. The van der Waals surface area contributed by atoms with Crippen LogP contribution in [0.15, 0.2) is 96.1 Å². The minimum Gasteiger partial charge on any atom is -0.497 e. The summed E-state index contributed by atoms with van der Waals surface area (Å²) in [4.78, 5) is 79.1. The largest absolute Gasteiger partial charge is 0.497 e. The van der Waals surface area contributed by atoms with Gasteiger partial charge in [0, 0.05) is 57.8 Å². The number of methoxy groups -OCH3 is 1. The number of piperazine rings is 1. The summed E-state index contributed by atoms with van der Waals surface area (Å²) in [7, 11) is 3.23. The molecule has 2 aromatic heterocycles. The molecule has 3 N–H and O–H groups in total. The van der Waals surface area contributed by atoms with E-state index in [4.69, 9.17) is 44.1 Å². The van der Waals surface area contributed by atoms with Gasteiger partial charge in [-0.05, 0) is 87.6 Å². The summed E-state index contributed by atoms with van der Waals surface area (Å²) in [6, 6.07) is 26.5. The average Bonchev–Trinajstić information content (AvgIpc) is 1.58. The second kappa shape index (κ2) is 29.5. The van der Waals surface area contributed by atoms with Gasteiger partial charge in [-0.3, -0.25) is 29.0 Å². The second-order valence-corrected chi connectivity index (χ2v) is 22.9. The van der Waals surface area contributed by atoms with Crippen molar-refractivity contribution in [2.45, 2.75) is 84.3 Å². The fourth-order valence-electron chi connectivity index (χ4n) is 11.7. The third kappa shape index (κ3) is 14.8. The molecule has 3 atom stereocenters. The molecule has 474 valence electrons. The number of rotatable bonds is 24. The van der Waals surface area contributed by atoms with Crippen LogP contribution in [-0.4, -0.2) is 181 Å². The third-order valence-electron chi connectivity index (χ3n) is 16.3. The van der Waals surface area contributed by atoms with Gasteiger partial charge in [0.2, 0.25) is 11.8 Å². The summed E-state index contributed by atoms with van der Waals surface area (Å²) < 4.78 is 51.1. The summed E-state index contributed by atoms with van der Waals surface area (Å²) in [5, 5.41) is 17.8. The number of nitrogen functional groups attached to an aromatic ring is 1. The molecule has 6 heterocycles. The number of nitrogens with two attached hydrogens (primary N) is 1. The molecule has 4 aliphatic rings. The van der Waals surface area contributed by atoms with Crippen molar-refractivity contribution in [2.75, 3.05) is 117 Å². The molecule has 10 rings (SSSR count). The molecule has 4 aliphatic heterocycles. The van der Waals surface area contributed by atoms with Gasteiger partial charge in [0.15, 0.2) is 17.3 Å². The number of urea groups is 1. The fourth-order valence-corrected chi connectivity index (χ4v) is 11.7. The Hall–Kier alpha value is -9.02. The number of halogens is 1. The normalized spacial score (nSPS) is 17.3. The molecule has 0 radical (unpaired) electrons. The van der Waals surface area contributed by atoms with Crippen LogP contribution in [-0.2, 0) is 41.6 Å². The van der Waals surface area contributed by atoms with Crippen LogP contribution in [0.25, 0.3) is 11.3 Å². The van der Waals surface area contributed by atoms with Crippen molar-refractivity contribution in [3.63, 3.8) is 0 Å². The number of benzene rings is 4. The number of ether oxygens (including phenoxy) is 6. The maximum Gasteiger partial charge on any atom is 0.326 e. The number of aryl methyl sites for hydroxylation is 2. The molecule has 2 fully saturated rings. The van der Waals surface area contributed by atoms with Crippen molar-refractivity contribution in [2.24, 2.45) is 4.99 Å². The van der Waals surface area contributed by atoms with Gasteiger partial charge in [-0.1, -0.05) is 59.7 Å². The summed E-state index contributed by atoms with van der Waals surface area (Å²) in [5.74, 6) is 0.890. The number of carbonyl (C=O) groups excluding carboxylic acids is 4. The molecular formula is C66H78FN13O10. The predicted molar refractivity (Wildman–Crippen MR) is 333 cm³/mol. The lowest BCUT2D eigenvalue weighted by Gasteiger charge is -2.38. The zero-order chi connectivity index (χ0) is 63.4. The van der Waals surface area contributed by atoms with E-state index in [1.54, 1.807) is 33.5 Å². The van der Waals surface area contributed by atoms with Crippen molar-refractivity contribution in [3.8, 4) is 28.8 Å². The Morgan fingerprint density at radius 2 is 1.50 bits per heavy atom. The number of aromatic nitrogens is 4. The van der Waals surface area contributed by atoms with Crippen molar-refractivity contribution >= 4 is 41.2 Å². The van der Waals surface area contributed by atoms with Crippen LogP contribution >= 0.6 is 0 Å². The monoisotopic (exact) mass is 1230 g/mol. The fraction of sp³-hybridized carbons (Fsp3) is 0.439. The van der Waals surface area contributed by atoms with Crippen LogP contribution in [0.3, 0.4) is 0 Å². The molecule has 0 spiro atoms. The van der Waals surface area contributed by atoms with Crippen LogP contribution in [0, 0.1) is 31.0 Å². The van der Waals surface area contributed by atoms with Crippen molar-refractivity contribution in [3.05, 3.63) is 147 Å². The SMILES string of the molecule is COc1ccc(C2=N[C@@H](c3ccc(C)cc3)[C@@H](c3ccc(C)cc3)N2C(=O)N2CCN(CCOCCOCCOCCOCCC(=O)NCCn3nc(C#N)c4c3CN(C)C(=O)c3ccc(F)cc3[C@H]3CCCN3c3nc-4cnc3N)C(=O)C2)c(OC(C)C)c1. The van der Waals surface area contributed by atoms with Gasteiger partial charge < -0.3 is 59.1 Å². The van der Waals surface area contributed by atoms with Gasteiger partial charge in [-0.2, -0.15) is 10.4 Å². The predicted octanol–water partition coefficient (Wildman–Crippen LogP) is 7.35. The van der Waals surface area contributed by atoms with E-state index in [0.29, 0.717) is 129 Å². The Balaban J connectivity index is 0.633. The van der Waals surface area contributed by atoms with Gasteiger partial charge in [0.1, 0.15) is 41.8 Å². The number of nitrogens with one attached hydrogen (secondary N) is 1. The van der Waals surface area contributed by atoms with Crippen molar-refractivity contribution in [1.29, 1.82) is 5.26 Å². The van der Waals surface area contributed by atoms with E-state index in [9.17, 15) is 24.0 Å². The molecule has 23 nitrogen and oxygen atoms in total. The van der Waals surface area contributed by atoms with Crippen molar-refractivity contribution in [1.82, 2.24) is 44.7 Å². The van der Waals surface area contributed by atoms with Gasteiger partial charge in [0.25, 0.3) is 5.91 Å². The number of hydrogen-bond donors (Lipinski definition) is 2. The number of anilines is 2. The zero-order valence-corrected chi connectivity index (χ0v) is 51.9. The van der Waals surface area contributed by atoms with Crippen LogP contribution in [0.4, 0.5) is 20.8 Å².